The van der Waals surface area contributed by atoms with Crippen molar-refractivity contribution < 1.29 is 14.3 Å². The molecule has 0 radical (unpaired) electrons. The summed E-state index contributed by atoms with van der Waals surface area (Å²) in [6, 6.07) is 8.96. The van der Waals surface area contributed by atoms with Crippen molar-refractivity contribution in [3.63, 3.8) is 0 Å². The second kappa shape index (κ2) is 11.1. The van der Waals surface area contributed by atoms with E-state index in [1.54, 1.807) is 24.3 Å². The van der Waals surface area contributed by atoms with Crippen molar-refractivity contribution in [1.29, 1.82) is 0 Å². The van der Waals surface area contributed by atoms with Crippen molar-refractivity contribution in [3.8, 4) is 5.75 Å². The van der Waals surface area contributed by atoms with Crippen LogP contribution in [0.4, 0.5) is 0 Å². The molecule has 0 spiro atoms. The van der Waals surface area contributed by atoms with Crippen molar-refractivity contribution in [3.05, 3.63) is 47.3 Å². The summed E-state index contributed by atoms with van der Waals surface area (Å²) in [5, 5.41) is 9.83. The molecule has 7 nitrogen and oxygen atoms in total. The van der Waals surface area contributed by atoms with Crippen LogP contribution < -0.4 is 15.4 Å². The van der Waals surface area contributed by atoms with Gasteiger partial charge in [0.2, 0.25) is 5.91 Å². The van der Waals surface area contributed by atoms with Gasteiger partial charge in [-0.3, -0.25) is 14.3 Å². The van der Waals surface area contributed by atoms with E-state index in [9.17, 15) is 9.59 Å². The third-order valence-corrected chi connectivity index (χ3v) is 4.26. The summed E-state index contributed by atoms with van der Waals surface area (Å²) in [5.74, 6) is 0.254. The van der Waals surface area contributed by atoms with Gasteiger partial charge in [0.1, 0.15) is 5.75 Å². The molecule has 0 unspecified atom stereocenters. The van der Waals surface area contributed by atoms with Crippen LogP contribution in [0.15, 0.2) is 30.3 Å². The zero-order chi connectivity index (χ0) is 20.4. The van der Waals surface area contributed by atoms with Gasteiger partial charge in [-0.15, -0.1) is 0 Å². The Morgan fingerprint density at radius 2 is 1.86 bits per heavy atom. The maximum atomic E-state index is 12.1. The summed E-state index contributed by atoms with van der Waals surface area (Å²) in [7, 11) is 0. The van der Waals surface area contributed by atoms with Crippen LogP contribution in [0.3, 0.4) is 0 Å². The number of aryl methyl sites for hydroxylation is 3. The molecule has 0 saturated carbocycles. The van der Waals surface area contributed by atoms with E-state index in [1.165, 1.54) is 0 Å². The van der Waals surface area contributed by atoms with E-state index in [2.05, 4.69) is 22.7 Å². The Morgan fingerprint density at radius 3 is 2.50 bits per heavy atom. The van der Waals surface area contributed by atoms with Crippen molar-refractivity contribution in [2.75, 3.05) is 19.7 Å². The Bertz CT molecular complexity index is 768. The minimum atomic E-state index is -0.280. The average Bonchev–Trinajstić information content (AvgIpc) is 3.01. The molecule has 2 N–H and O–H groups in total. The minimum Gasteiger partial charge on any atom is -0.494 e. The van der Waals surface area contributed by atoms with E-state index in [0.717, 1.165) is 42.9 Å². The minimum absolute atomic E-state index is 0.0481. The van der Waals surface area contributed by atoms with Gasteiger partial charge in [0, 0.05) is 24.3 Å². The second-order valence-corrected chi connectivity index (χ2v) is 6.76. The maximum absolute atomic E-state index is 12.1. The van der Waals surface area contributed by atoms with Crippen LogP contribution in [0.5, 0.6) is 5.75 Å². The first-order chi connectivity index (χ1) is 13.5. The summed E-state index contributed by atoms with van der Waals surface area (Å²) >= 11 is 0. The predicted octanol–water partition coefficient (Wildman–Crippen LogP) is 2.62. The van der Waals surface area contributed by atoms with Gasteiger partial charge in [-0.25, -0.2) is 0 Å². The number of carbonyl (C=O) groups is 2. The first-order valence-electron chi connectivity index (χ1n) is 9.78. The van der Waals surface area contributed by atoms with Crippen LogP contribution >= 0.6 is 0 Å². The number of carbonyl (C=O) groups excluding carboxylic acids is 2. The number of benzene rings is 1. The molecule has 0 atom stereocenters. The van der Waals surface area contributed by atoms with E-state index in [4.69, 9.17) is 4.74 Å². The van der Waals surface area contributed by atoms with E-state index < -0.39 is 0 Å². The normalized spacial score (nSPS) is 10.5. The number of nitrogens with zero attached hydrogens (tertiary/aromatic N) is 2. The quantitative estimate of drug-likeness (QED) is 0.582. The lowest BCUT2D eigenvalue weighted by molar-refractivity contribution is -0.120. The summed E-state index contributed by atoms with van der Waals surface area (Å²) in [6.45, 7) is 7.98. The standard InChI is InChI=1S/C21H30N4O3/c1-4-5-13-28-19-9-7-18(8-10-19)21(27)23-15-20(26)22-11-6-12-25-17(3)14-16(2)24-25/h7-10,14H,4-6,11-13,15H2,1-3H3,(H,22,26)(H,23,27). The van der Waals surface area contributed by atoms with E-state index in [1.807, 2.05) is 24.6 Å². The smallest absolute Gasteiger partial charge is 0.251 e. The van der Waals surface area contributed by atoms with Crippen molar-refractivity contribution >= 4 is 11.8 Å². The zero-order valence-electron chi connectivity index (χ0n) is 17.0. The van der Waals surface area contributed by atoms with Crippen LogP contribution in [-0.4, -0.2) is 41.3 Å². The molecule has 28 heavy (non-hydrogen) atoms. The number of nitrogens with one attached hydrogen (secondary N) is 2. The molecular formula is C21H30N4O3. The number of aromatic nitrogens is 2. The van der Waals surface area contributed by atoms with E-state index in [-0.39, 0.29) is 18.4 Å². The van der Waals surface area contributed by atoms with Gasteiger partial charge in [-0.05, 0) is 57.0 Å². The monoisotopic (exact) mass is 386 g/mol. The maximum Gasteiger partial charge on any atom is 0.251 e. The molecule has 152 valence electrons. The Labute approximate surface area is 166 Å². The number of hydrogen-bond donors (Lipinski definition) is 2. The van der Waals surface area contributed by atoms with Crippen LogP contribution in [0, 0.1) is 13.8 Å². The Morgan fingerprint density at radius 1 is 1.11 bits per heavy atom. The number of unbranched alkanes of at least 4 members (excludes halogenated alkanes) is 1. The van der Waals surface area contributed by atoms with Crippen molar-refractivity contribution in [1.82, 2.24) is 20.4 Å². The summed E-state index contributed by atoms with van der Waals surface area (Å²) in [6.07, 6.45) is 2.85. The molecular weight excluding hydrogens is 356 g/mol. The molecule has 0 fully saturated rings. The second-order valence-electron chi connectivity index (χ2n) is 6.76. The van der Waals surface area contributed by atoms with Crippen LogP contribution in [-0.2, 0) is 11.3 Å². The Kier molecular flexibility index (Phi) is 8.52. The largest absolute Gasteiger partial charge is 0.494 e. The van der Waals surface area contributed by atoms with Gasteiger partial charge in [-0.1, -0.05) is 13.3 Å². The third-order valence-electron chi connectivity index (χ3n) is 4.26. The van der Waals surface area contributed by atoms with Gasteiger partial charge < -0.3 is 15.4 Å². The lowest BCUT2D eigenvalue weighted by Gasteiger charge is -2.09. The van der Waals surface area contributed by atoms with E-state index in [0.29, 0.717) is 18.7 Å². The molecule has 0 aliphatic rings. The Hall–Kier alpha value is -2.83. The third kappa shape index (κ3) is 7.06. The topological polar surface area (TPSA) is 85.2 Å². The molecule has 0 aliphatic carbocycles. The predicted molar refractivity (Wildman–Crippen MR) is 109 cm³/mol. The highest BCUT2D eigenvalue weighted by Crippen LogP contribution is 2.12. The fourth-order valence-corrected chi connectivity index (χ4v) is 2.72. The highest BCUT2D eigenvalue weighted by molar-refractivity contribution is 5.96. The SMILES string of the molecule is CCCCOc1ccc(C(=O)NCC(=O)NCCCn2nc(C)cc2C)cc1. The highest BCUT2D eigenvalue weighted by Gasteiger charge is 2.08. The van der Waals surface area contributed by atoms with Crippen molar-refractivity contribution in [2.24, 2.45) is 0 Å². The fraction of sp³-hybridized carbons (Fsp3) is 0.476. The van der Waals surface area contributed by atoms with Crippen LogP contribution in [0.1, 0.15) is 47.9 Å². The first-order valence-corrected chi connectivity index (χ1v) is 9.78. The average molecular weight is 386 g/mol. The van der Waals surface area contributed by atoms with Gasteiger partial charge in [0.15, 0.2) is 0 Å². The first kappa shape index (κ1) is 21.5. The number of hydrogen-bond acceptors (Lipinski definition) is 4. The molecule has 0 aliphatic heterocycles. The van der Waals surface area contributed by atoms with Gasteiger partial charge >= 0.3 is 0 Å². The highest BCUT2D eigenvalue weighted by atomic mass is 16.5. The number of ether oxygens (including phenoxy) is 1. The summed E-state index contributed by atoms with van der Waals surface area (Å²) in [5.41, 5.74) is 2.60. The molecule has 7 heteroatoms. The molecule has 0 bridgehead atoms. The van der Waals surface area contributed by atoms with Crippen LogP contribution in [0.2, 0.25) is 0 Å². The molecule has 1 aromatic carbocycles. The summed E-state index contributed by atoms with van der Waals surface area (Å²) in [4.78, 5) is 24.0. The molecule has 2 rings (SSSR count). The molecule has 1 heterocycles. The number of rotatable bonds is 11. The molecule has 0 saturated heterocycles. The lowest BCUT2D eigenvalue weighted by Crippen LogP contribution is -2.37. The molecule has 1 aromatic heterocycles. The van der Waals surface area contributed by atoms with Crippen LogP contribution in [0.25, 0.3) is 0 Å². The molecule has 2 aromatic rings. The lowest BCUT2D eigenvalue weighted by atomic mass is 10.2. The molecule has 2 amide bonds. The van der Waals surface area contributed by atoms with Gasteiger partial charge in [-0.2, -0.15) is 5.10 Å². The fourth-order valence-electron chi connectivity index (χ4n) is 2.72. The van der Waals surface area contributed by atoms with Crippen molar-refractivity contribution in [2.45, 2.75) is 46.6 Å². The Balaban J connectivity index is 1.64. The van der Waals surface area contributed by atoms with Gasteiger partial charge in [0.05, 0.1) is 18.8 Å². The number of amides is 2. The zero-order valence-corrected chi connectivity index (χ0v) is 17.0. The van der Waals surface area contributed by atoms with Gasteiger partial charge in [0.25, 0.3) is 5.91 Å². The van der Waals surface area contributed by atoms with E-state index >= 15 is 0 Å². The summed E-state index contributed by atoms with van der Waals surface area (Å²) < 4.78 is 7.50.